The molecular formula is C18H19N3O5S. The topological polar surface area (TPSA) is 111 Å². The van der Waals surface area contributed by atoms with Crippen LogP contribution in [0.1, 0.15) is 11.1 Å². The van der Waals surface area contributed by atoms with Crippen LogP contribution < -0.4 is 14.7 Å². The van der Waals surface area contributed by atoms with Crippen LogP contribution in [0.5, 0.6) is 11.5 Å². The van der Waals surface area contributed by atoms with Gasteiger partial charge in [0.05, 0.1) is 13.4 Å². The minimum absolute atomic E-state index is 0.0604. The Hall–Kier alpha value is -3.07. The number of nitrogens with zero attached hydrogens (tertiary/aromatic N) is 2. The average molecular weight is 389 g/mol. The van der Waals surface area contributed by atoms with Crippen LogP contribution in [0, 0.1) is 0 Å². The Balaban J connectivity index is 2.20. The summed E-state index contributed by atoms with van der Waals surface area (Å²) in [5, 5.41) is 0. The Morgan fingerprint density at radius 2 is 1.74 bits per heavy atom. The summed E-state index contributed by atoms with van der Waals surface area (Å²) in [7, 11) is -0.644. The van der Waals surface area contributed by atoms with Gasteiger partial charge in [0, 0.05) is 7.05 Å². The number of methoxy groups -OCH3 is 1. The SMILES string of the molecule is COc1ccc(C2(c3cccc(OS(C)(=O)=O)c3)N=C(N)N(C)C2=O)cc1. The molecule has 9 heteroatoms. The second-order valence-electron chi connectivity index (χ2n) is 6.09. The minimum Gasteiger partial charge on any atom is -0.497 e. The van der Waals surface area contributed by atoms with Crippen molar-refractivity contribution < 1.29 is 22.1 Å². The lowest BCUT2D eigenvalue weighted by atomic mass is 9.82. The lowest BCUT2D eigenvalue weighted by molar-refractivity contribution is -0.129. The molecule has 3 rings (SSSR count). The number of rotatable bonds is 5. The van der Waals surface area contributed by atoms with E-state index in [2.05, 4.69) is 4.99 Å². The van der Waals surface area contributed by atoms with E-state index >= 15 is 0 Å². The summed E-state index contributed by atoms with van der Waals surface area (Å²) in [4.78, 5) is 18.8. The molecule has 1 heterocycles. The van der Waals surface area contributed by atoms with E-state index in [9.17, 15) is 13.2 Å². The Kier molecular flexibility index (Phi) is 4.56. The van der Waals surface area contributed by atoms with Gasteiger partial charge >= 0.3 is 10.1 Å². The van der Waals surface area contributed by atoms with E-state index in [1.165, 1.54) is 24.1 Å². The summed E-state index contributed by atoms with van der Waals surface area (Å²) in [6, 6.07) is 13.1. The highest BCUT2D eigenvalue weighted by Gasteiger charge is 2.49. The number of nitrogens with two attached hydrogens (primary N) is 1. The molecule has 2 aromatic carbocycles. The van der Waals surface area contributed by atoms with Gasteiger partial charge in [0.1, 0.15) is 11.5 Å². The maximum Gasteiger partial charge on any atom is 0.306 e. The van der Waals surface area contributed by atoms with Crippen LogP contribution in [0.25, 0.3) is 0 Å². The fourth-order valence-electron chi connectivity index (χ4n) is 2.96. The summed E-state index contributed by atoms with van der Waals surface area (Å²) in [5.41, 5.74) is 5.48. The fourth-order valence-corrected chi connectivity index (χ4v) is 3.42. The molecule has 1 aliphatic heterocycles. The molecule has 2 N–H and O–H groups in total. The molecule has 1 amide bonds. The molecule has 0 fully saturated rings. The second-order valence-corrected chi connectivity index (χ2v) is 7.66. The summed E-state index contributed by atoms with van der Waals surface area (Å²) < 4.78 is 33.1. The highest BCUT2D eigenvalue weighted by atomic mass is 32.2. The first-order chi connectivity index (χ1) is 12.7. The summed E-state index contributed by atoms with van der Waals surface area (Å²) in [5.74, 6) is 0.407. The zero-order valence-corrected chi connectivity index (χ0v) is 15.9. The molecule has 0 saturated heterocycles. The van der Waals surface area contributed by atoms with Crippen molar-refractivity contribution in [1.29, 1.82) is 0 Å². The number of carbonyl (C=O) groups excluding carboxylic acids is 1. The Morgan fingerprint density at radius 3 is 2.26 bits per heavy atom. The van der Waals surface area contributed by atoms with Gasteiger partial charge in [-0.1, -0.05) is 24.3 Å². The van der Waals surface area contributed by atoms with Crippen molar-refractivity contribution in [1.82, 2.24) is 4.90 Å². The fraction of sp³-hybridized carbons (Fsp3) is 0.222. The van der Waals surface area contributed by atoms with Gasteiger partial charge in [-0.15, -0.1) is 0 Å². The molecule has 1 aliphatic rings. The first-order valence-electron chi connectivity index (χ1n) is 7.95. The number of benzene rings is 2. The molecule has 1 unspecified atom stereocenters. The predicted molar refractivity (Wildman–Crippen MR) is 100 cm³/mol. The lowest BCUT2D eigenvalue weighted by Gasteiger charge is -2.26. The molecular weight excluding hydrogens is 370 g/mol. The molecule has 0 spiro atoms. The Labute approximate surface area is 157 Å². The largest absolute Gasteiger partial charge is 0.497 e. The molecule has 0 radical (unpaired) electrons. The van der Waals surface area contributed by atoms with Crippen LogP contribution in [0.3, 0.4) is 0 Å². The molecule has 0 aromatic heterocycles. The van der Waals surface area contributed by atoms with Gasteiger partial charge in [0.15, 0.2) is 11.5 Å². The number of amides is 1. The van der Waals surface area contributed by atoms with Crippen molar-refractivity contribution in [2.24, 2.45) is 10.7 Å². The van der Waals surface area contributed by atoms with E-state index in [4.69, 9.17) is 14.7 Å². The third-order valence-electron chi connectivity index (χ3n) is 4.25. The van der Waals surface area contributed by atoms with Crippen molar-refractivity contribution >= 4 is 22.0 Å². The molecule has 0 saturated carbocycles. The Morgan fingerprint density at radius 1 is 1.07 bits per heavy atom. The van der Waals surface area contributed by atoms with Crippen LogP contribution in [-0.4, -0.2) is 45.6 Å². The monoisotopic (exact) mass is 389 g/mol. The summed E-state index contributed by atoms with van der Waals surface area (Å²) >= 11 is 0. The molecule has 0 bridgehead atoms. The van der Waals surface area contributed by atoms with Gasteiger partial charge in [-0.25, -0.2) is 4.99 Å². The van der Waals surface area contributed by atoms with Crippen LogP contribution >= 0.6 is 0 Å². The van der Waals surface area contributed by atoms with E-state index in [0.717, 1.165) is 6.26 Å². The molecule has 8 nitrogen and oxygen atoms in total. The highest BCUT2D eigenvalue weighted by Crippen LogP contribution is 2.40. The van der Waals surface area contributed by atoms with Crippen LogP contribution in [0.4, 0.5) is 0 Å². The highest BCUT2D eigenvalue weighted by molar-refractivity contribution is 7.86. The van der Waals surface area contributed by atoms with E-state index in [1.807, 2.05) is 0 Å². The van der Waals surface area contributed by atoms with Gasteiger partial charge in [-0.05, 0) is 35.4 Å². The first kappa shape index (κ1) is 18.7. The van der Waals surface area contributed by atoms with Crippen molar-refractivity contribution in [2.45, 2.75) is 5.54 Å². The molecule has 0 aliphatic carbocycles. The molecule has 1 atom stereocenters. The molecule has 27 heavy (non-hydrogen) atoms. The van der Waals surface area contributed by atoms with Gasteiger partial charge in [-0.2, -0.15) is 8.42 Å². The zero-order valence-electron chi connectivity index (χ0n) is 15.0. The number of hydrogen-bond acceptors (Lipinski definition) is 7. The summed E-state index contributed by atoms with van der Waals surface area (Å²) in [6.07, 6.45) is 0.948. The number of aliphatic imine (C=N–C) groups is 1. The minimum atomic E-state index is -3.72. The van der Waals surface area contributed by atoms with E-state index in [0.29, 0.717) is 16.9 Å². The van der Waals surface area contributed by atoms with Crippen molar-refractivity contribution in [2.75, 3.05) is 20.4 Å². The quantitative estimate of drug-likeness (QED) is 0.766. The smallest absolute Gasteiger partial charge is 0.306 e. The lowest BCUT2D eigenvalue weighted by Crippen LogP contribution is -2.41. The standard InChI is InChI=1S/C18H19N3O5S/c1-21-16(22)18(20-17(21)19,12-7-9-14(25-2)10-8-12)13-5-4-6-15(11-13)26-27(3,23)24/h4-11H,1-3H3,(H2,19,20). The van der Waals surface area contributed by atoms with Crippen molar-refractivity contribution in [3.63, 3.8) is 0 Å². The maximum absolute atomic E-state index is 13.1. The molecule has 2 aromatic rings. The van der Waals surface area contributed by atoms with Crippen LogP contribution in [-0.2, 0) is 20.5 Å². The number of carbonyl (C=O) groups is 1. The van der Waals surface area contributed by atoms with Crippen LogP contribution in [0.15, 0.2) is 53.5 Å². The number of ether oxygens (including phenoxy) is 1. The van der Waals surface area contributed by atoms with E-state index in [-0.39, 0.29) is 17.6 Å². The third-order valence-corrected chi connectivity index (χ3v) is 4.74. The van der Waals surface area contributed by atoms with Gasteiger partial charge in [0.2, 0.25) is 0 Å². The molecule has 142 valence electrons. The number of likely N-dealkylation sites (N-methyl/N-ethyl adjacent to an activating group) is 1. The first-order valence-corrected chi connectivity index (χ1v) is 9.77. The summed E-state index contributed by atoms with van der Waals surface area (Å²) in [6.45, 7) is 0. The maximum atomic E-state index is 13.1. The van der Waals surface area contributed by atoms with Gasteiger partial charge in [0.25, 0.3) is 5.91 Å². The van der Waals surface area contributed by atoms with Crippen molar-refractivity contribution in [3.05, 3.63) is 59.7 Å². The zero-order chi connectivity index (χ0) is 19.8. The van der Waals surface area contributed by atoms with E-state index < -0.39 is 15.7 Å². The van der Waals surface area contributed by atoms with Crippen molar-refractivity contribution in [3.8, 4) is 11.5 Å². The number of guanidine groups is 1. The van der Waals surface area contributed by atoms with Gasteiger partial charge < -0.3 is 14.7 Å². The Bertz CT molecular complexity index is 1020. The average Bonchev–Trinajstić information content (AvgIpc) is 2.86. The third kappa shape index (κ3) is 3.33. The normalized spacial score (nSPS) is 19.7. The van der Waals surface area contributed by atoms with Crippen LogP contribution in [0.2, 0.25) is 0 Å². The van der Waals surface area contributed by atoms with Gasteiger partial charge in [-0.3, -0.25) is 9.69 Å². The second kappa shape index (κ2) is 6.58. The van der Waals surface area contributed by atoms with E-state index in [1.54, 1.807) is 43.5 Å². The number of hydrogen-bond donors (Lipinski definition) is 1. The predicted octanol–water partition coefficient (Wildman–Crippen LogP) is 1.06.